The monoisotopic (exact) mass is 232 g/mol. The van der Waals surface area contributed by atoms with Crippen molar-refractivity contribution >= 4 is 11.8 Å². The SMILES string of the molecule is O=C(O)C(=O)Cc1ccccc1C(F)(F)F. The van der Waals surface area contributed by atoms with E-state index < -0.39 is 29.9 Å². The van der Waals surface area contributed by atoms with Gasteiger partial charge in [-0.2, -0.15) is 13.2 Å². The summed E-state index contributed by atoms with van der Waals surface area (Å²) in [5.74, 6) is -3.01. The standard InChI is InChI=1S/C10H7F3O3/c11-10(12,13)7-4-2-1-3-6(7)5-8(14)9(15)16/h1-4H,5H2,(H,15,16). The molecule has 0 fully saturated rings. The number of rotatable bonds is 3. The van der Waals surface area contributed by atoms with Gasteiger partial charge in [-0.1, -0.05) is 18.2 Å². The van der Waals surface area contributed by atoms with Crippen LogP contribution in [0.2, 0.25) is 0 Å². The zero-order chi connectivity index (χ0) is 12.3. The number of benzene rings is 1. The minimum absolute atomic E-state index is 0.331. The molecule has 0 aliphatic carbocycles. The molecule has 0 radical (unpaired) electrons. The third kappa shape index (κ3) is 2.82. The Bertz CT molecular complexity index is 424. The second kappa shape index (κ2) is 4.34. The van der Waals surface area contributed by atoms with E-state index in [1.54, 1.807) is 0 Å². The normalized spacial score (nSPS) is 11.2. The molecule has 0 aliphatic rings. The smallest absolute Gasteiger partial charge is 0.416 e. The van der Waals surface area contributed by atoms with Crippen molar-refractivity contribution < 1.29 is 27.9 Å². The van der Waals surface area contributed by atoms with Crippen LogP contribution in [0.1, 0.15) is 11.1 Å². The molecule has 6 heteroatoms. The van der Waals surface area contributed by atoms with Gasteiger partial charge in [0.15, 0.2) is 0 Å². The van der Waals surface area contributed by atoms with Crippen LogP contribution in [0.15, 0.2) is 24.3 Å². The van der Waals surface area contributed by atoms with Crippen molar-refractivity contribution in [1.82, 2.24) is 0 Å². The van der Waals surface area contributed by atoms with Gasteiger partial charge in [0.25, 0.3) is 0 Å². The molecule has 3 nitrogen and oxygen atoms in total. The minimum Gasteiger partial charge on any atom is -0.475 e. The lowest BCUT2D eigenvalue weighted by atomic mass is 10.0. The maximum atomic E-state index is 12.4. The van der Waals surface area contributed by atoms with Crippen molar-refractivity contribution in [3.05, 3.63) is 35.4 Å². The molecule has 0 saturated carbocycles. The van der Waals surface area contributed by atoms with Gasteiger partial charge in [-0.05, 0) is 11.6 Å². The molecule has 0 unspecified atom stereocenters. The lowest BCUT2D eigenvalue weighted by Crippen LogP contribution is -2.18. The molecule has 0 spiro atoms. The van der Waals surface area contributed by atoms with E-state index in [1.165, 1.54) is 12.1 Å². The molecular weight excluding hydrogens is 225 g/mol. The number of carboxylic acid groups (broad SMARTS) is 1. The Labute approximate surface area is 88.5 Å². The quantitative estimate of drug-likeness (QED) is 0.810. The first-order valence-electron chi connectivity index (χ1n) is 4.23. The minimum atomic E-state index is -4.59. The Morgan fingerprint density at radius 2 is 1.75 bits per heavy atom. The summed E-state index contributed by atoms with van der Waals surface area (Å²) < 4.78 is 37.3. The maximum Gasteiger partial charge on any atom is 0.416 e. The summed E-state index contributed by atoms with van der Waals surface area (Å²) in [6.45, 7) is 0. The number of carbonyl (C=O) groups is 2. The summed E-state index contributed by atoms with van der Waals surface area (Å²) in [6.07, 6.45) is -5.35. The lowest BCUT2D eigenvalue weighted by Gasteiger charge is -2.10. The van der Waals surface area contributed by atoms with Crippen LogP contribution in [-0.2, 0) is 22.2 Å². The van der Waals surface area contributed by atoms with Gasteiger partial charge in [0.2, 0.25) is 5.78 Å². The van der Waals surface area contributed by atoms with Crippen LogP contribution in [0, 0.1) is 0 Å². The van der Waals surface area contributed by atoms with Crippen molar-refractivity contribution in [1.29, 1.82) is 0 Å². The fraction of sp³-hybridized carbons (Fsp3) is 0.200. The van der Waals surface area contributed by atoms with Crippen LogP contribution in [0.5, 0.6) is 0 Å². The molecule has 86 valence electrons. The number of hydrogen-bond donors (Lipinski definition) is 1. The average molecular weight is 232 g/mol. The Morgan fingerprint density at radius 3 is 2.25 bits per heavy atom. The molecule has 0 amide bonds. The second-order valence-electron chi connectivity index (χ2n) is 3.06. The molecule has 0 saturated heterocycles. The predicted molar refractivity (Wildman–Crippen MR) is 47.8 cm³/mol. The van der Waals surface area contributed by atoms with E-state index in [4.69, 9.17) is 5.11 Å². The van der Waals surface area contributed by atoms with E-state index in [2.05, 4.69) is 0 Å². The highest BCUT2D eigenvalue weighted by molar-refractivity contribution is 6.33. The zero-order valence-electron chi connectivity index (χ0n) is 7.91. The molecule has 1 aromatic carbocycles. The topological polar surface area (TPSA) is 54.4 Å². The van der Waals surface area contributed by atoms with Crippen LogP contribution < -0.4 is 0 Å². The Morgan fingerprint density at radius 1 is 1.19 bits per heavy atom. The van der Waals surface area contributed by atoms with Crippen molar-refractivity contribution in [2.24, 2.45) is 0 Å². The highest BCUT2D eigenvalue weighted by atomic mass is 19.4. The van der Waals surface area contributed by atoms with Gasteiger partial charge in [0, 0.05) is 6.42 Å². The van der Waals surface area contributed by atoms with Crippen molar-refractivity contribution in [3.8, 4) is 0 Å². The van der Waals surface area contributed by atoms with Gasteiger partial charge >= 0.3 is 12.1 Å². The molecule has 1 N–H and O–H groups in total. The highest BCUT2D eigenvalue weighted by Crippen LogP contribution is 2.31. The predicted octanol–water partition coefficient (Wildman–Crippen LogP) is 1.90. The number of aliphatic carboxylic acids is 1. The molecular formula is C10H7F3O3. The highest BCUT2D eigenvalue weighted by Gasteiger charge is 2.33. The van der Waals surface area contributed by atoms with Gasteiger partial charge in [-0.15, -0.1) is 0 Å². The van der Waals surface area contributed by atoms with E-state index in [9.17, 15) is 22.8 Å². The molecule has 1 rings (SSSR count). The maximum absolute atomic E-state index is 12.4. The van der Waals surface area contributed by atoms with E-state index in [1.807, 2.05) is 0 Å². The van der Waals surface area contributed by atoms with Crippen LogP contribution in [0.25, 0.3) is 0 Å². The van der Waals surface area contributed by atoms with Crippen LogP contribution >= 0.6 is 0 Å². The van der Waals surface area contributed by atoms with Gasteiger partial charge in [0.05, 0.1) is 5.56 Å². The van der Waals surface area contributed by atoms with Crippen molar-refractivity contribution in [2.45, 2.75) is 12.6 Å². The van der Waals surface area contributed by atoms with Gasteiger partial charge < -0.3 is 5.11 Å². The molecule has 0 bridgehead atoms. The first-order chi connectivity index (χ1) is 7.32. The van der Waals surface area contributed by atoms with Crippen molar-refractivity contribution in [2.75, 3.05) is 0 Å². The lowest BCUT2D eigenvalue weighted by molar-refractivity contribution is -0.149. The molecule has 0 atom stereocenters. The number of alkyl halides is 3. The second-order valence-corrected chi connectivity index (χ2v) is 3.06. The number of ketones is 1. The Kier molecular flexibility index (Phi) is 3.31. The number of Topliss-reactive ketones (excluding diaryl/α,β-unsaturated/α-hetero) is 1. The van der Waals surface area contributed by atoms with Crippen LogP contribution in [0.4, 0.5) is 13.2 Å². The van der Waals surface area contributed by atoms with Gasteiger partial charge in [-0.3, -0.25) is 4.79 Å². The largest absolute Gasteiger partial charge is 0.475 e. The number of halogens is 3. The molecule has 1 aromatic rings. The van der Waals surface area contributed by atoms with Crippen LogP contribution in [0.3, 0.4) is 0 Å². The summed E-state index contributed by atoms with van der Waals surface area (Å²) in [6, 6.07) is 4.39. The zero-order valence-corrected chi connectivity index (χ0v) is 7.91. The fourth-order valence-electron chi connectivity index (χ4n) is 1.20. The van der Waals surface area contributed by atoms with E-state index in [0.29, 0.717) is 0 Å². The van der Waals surface area contributed by atoms with Crippen molar-refractivity contribution in [3.63, 3.8) is 0 Å². The first-order valence-corrected chi connectivity index (χ1v) is 4.23. The van der Waals surface area contributed by atoms with E-state index in [-0.39, 0.29) is 5.56 Å². The summed E-state index contributed by atoms with van der Waals surface area (Å²) >= 11 is 0. The summed E-state index contributed by atoms with van der Waals surface area (Å²) in [4.78, 5) is 21.1. The van der Waals surface area contributed by atoms with Gasteiger partial charge in [0.1, 0.15) is 0 Å². The first kappa shape index (κ1) is 12.2. The molecule has 0 aromatic heterocycles. The average Bonchev–Trinajstić information content (AvgIpc) is 2.16. The summed E-state index contributed by atoms with van der Waals surface area (Å²) in [5, 5.41) is 8.31. The van der Waals surface area contributed by atoms with Crippen LogP contribution in [-0.4, -0.2) is 16.9 Å². The van der Waals surface area contributed by atoms with Gasteiger partial charge in [-0.25, -0.2) is 4.79 Å². The summed E-state index contributed by atoms with van der Waals surface area (Å²) in [7, 11) is 0. The Balaban J connectivity index is 3.05. The number of carboxylic acids is 1. The number of hydrogen-bond acceptors (Lipinski definition) is 2. The fourth-order valence-corrected chi connectivity index (χ4v) is 1.20. The molecule has 16 heavy (non-hydrogen) atoms. The Hall–Kier alpha value is -1.85. The third-order valence-electron chi connectivity index (χ3n) is 1.91. The third-order valence-corrected chi connectivity index (χ3v) is 1.91. The van der Waals surface area contributed by atoms with E-state index in [0.717, 1.165) is 12.1 Å². The molecule has 0 heterocycles. The molecule has 0 aliphatic heterocycles. The van der Waals surface area contributed by atoms with E-state index >= 15 is 0 Å². The summed E-state index contributed by atoms with van der Waals surface area (Å²) in [5.41, 5.74) is -1.31. The number of carbonyl (C=O) groups excluding carboxylic acids is 1.